The van der Waals surface area contributed by atoms with E-state index in [0.29, 0.717) is 10.8 Å². The fraction of sp³-hybridized carbons (Fsp3) is 0.167. The first-order valence-corrected chi connectivity index (χ1v) is 8.74. The first kappa shape index (κ1) is 16.6. The molecule has 0 bridgehead atoms. The number of pyridine rings is 1. The van der Waals surface area contributed by atoms with Gasteiger partial charge in [0.05, 0.1) is 0 Å². The minimum atomic E-state index is -0.447. The third-order valence-corrected chi connectivity index (χ3v) is 4.60. The van der Waals surface area contributed by atoms with E-state index in [-0.39, 0.29) is 6.61 Å². The highest BCUT2D eigenvalue weighted by atomic mass is 35.5. The summed E-state index contributed by atoms with van der Waals surface area (Å²) in [4.78, 5) is 20.4. The van der Waals surface area contributed by atoms with E-state index in [9.17, 15) is 4.79 Å². The van der Waals surface area contributed by atoms with E-state index in [1.165, 1.54) is 16.9 Å². The Morgan fingerprint density at radius 3 is 2.58 bits per heavy atom. The number of halogens is 1. The minimum Gasteiger partial charge on any atom is -0.456 e. The maximum absolute atomic E-state index is 12.1. The fourth-order valence-corrected chi connectivity index (χ4v) is 3.00. The molecule has 0 aliphatic rings. The summed E-state index contributed by atoms with van der Waals surface area (Å²) in [5, 5.41) is 2.92. The van der Waals surface area contributed by atoms with Crippen molar-refractivity contribution in [3.63, 3.8) is 0 Å². The maximum atomic E-state index is 12.1. The summed E-state index contributed by atoms with van der Waals surface area (Å²) in [6, 6.07) is 11.6. The summed E-state index contributed by atoms with van der Waals surface area (Å²) in [5.74, 6) is -0.447. The molecule has 0 spiro atoms. The quantitative estimate of drug-likeness (QED) is 0.486. The molecule has 6 heteroatoms. The lowest BCUT2D eigenvalue weighted by Gasteiger charge is -2.02. The van der Waals surface area contributed by atoms with Crippen LogP contribution in [0.4, 0.5) is 0 Å². The van der Waals surface area contributed by atoms with Gasteiger partial charge in [-0.05, 0) is 18.1 Å². The van der Waals surface area contributed by atoms with Crippen LogP contribution in [0.3, 0.4) is 0 Å². The number of carbonyl (C=O) groups excluding carboxylic acids is 1. The predicted molar refractivity (Wildman–Crippen MR) is 95.3 cm³/mol. The van der Waals surface area contributed by atoms with Crippen molar-refractivity contribution in [2.75, 3.05) is 0 Å². The van der Waals surface area contributed by atoms with Crippen LogP contribution in [-0.4, -0.2) is 15.9 Å². The number of nitrogens with zero attached hydrogens (tertiary/aromatic N) is 2. The van der Waals surface area contributed by atoms with Gasteiger partial charge < -0.3 is 4.74 Å². The van der Waals surface area contributed by atoms with Gasteiger partial charge in [-0.3, -0.25) is 0 Å². The Balaban J connectivity index is 1.65. The van der Waals surface area contributed by atoms with Crippen LogP contribution in [0, 0.1) is 0 Å². The van der Waals surface area contributed by atoms with Crippen LogP contribution in [0.5, 0.6) is 0 Å². The highest BCUT2D eigenvalue weighted by molar-refractivity contribution is 7.13. The van der Waals surface area contributed by atoms with Gasteiger partial charge in [-0.15, -0.1) is 11.3 Å². The van der Waals surface area contributed by atoms with E-state index < -0.39 is 5.97 Å². The van der Waals surface area contributed by atoms with E-state index >= 15 is 0 Å². The number of aryl methyl sites for hydroxylation is 1. The first-order chi connectivity index (χ1) is 11.7. The lowest BCUT2D eigenvalue weighted by atomic mass is 10.1. The molecule has 0 unspecified atom stereocenters. The monoisotopic (exact) mass is 358 g/mol. The number of thiazole rings is 1. The highest BCUT2D eigenvalue weighted by Crippen LogP contribution is 2.24. The summed E-state index contributed by atoms with van der Waals surface area (Å²) in [7, 11) is 0. The Labute approximate surface area is 149 Å². The van der Waals surface area contributed by atoms with Crippen molar-refractivity contribution < 1.29 is 9.53 Å². The topological polar surface area (TPSA) is 52.1 Å². The van der Waals surface area contributed by atoms with Gasteiger partial charge in [-0.1, -0.05) is 48.9 Å². The molecule has 122 valence electrons. The summed E-state index contributed by atoms with van der Waals surface area (Å²) in [6.07, 6.45) is 2.58. The Bertz CT molecular complexity index is 829. The molecule has 1 aromatic carbocycles. The van der Waals surface area contributed by atoms with E-state index in [4.69, 9.17) is 16.3 Å². The molecule has 2 heterocycles. The molecular formula is C18H15ClN2O2S. The van der Waals surface area contributed by atoms with Crippen LogP contribution in [-0.2, 0) is 17.8 Å². The van der Waals surface area contributed by atoms with Crippen molar-refractivity contribution in [1.82, 2.24) is 9.97 Å². The SMILES string of the molecule is CCc1ccc(-c2nc(C(=O)OCc3ccc(Cl)nc3)cs2)cc1. The number of benzene rings is 1. The molecule has 24 heavy (non-hydrogen) atoms. The van der Waals surface area contributed by atoms with E-state index in [2.05, 4.69) is 29.0 Å². The molecule has 0 fully saturated rings. The van der Waals surface area contributed by atoms with Gasteiger partial charge in [0, 0.05) is 22.7 Å². The van der Waals surface area contributed by atoms with Crippen LogP contribution >= 0.6 is 22.9 Å². The predicted octanol–water partition coefficient (Wildman–Crippen LogP) is 4.78. The van der Waals surface area contributed by atoms with Gasteiger partial charge in [0.2, 0.25) is 0 Å². The van der Waals surface area contributed by atoms with Crippen molar-refractivity contribution in [1.29, 1.82) is 0 Å². The second-order valence-electron chi connectivity index (χ2n) is 5.15. The van der Waals surface area contributed by atoms with E-state index in [0.717, 1.165) is 22.6 Å². The molecule has 0 radical (unpaired) electrons. The fourth-order valence-electron chi connectivity index (χ4n) is 2.10. The van der Waals surface area contributed by atoms with Crippen LogP contribution in [0.15, 0.2) is 48.0 Å². The molecule has 0 saturated carbocycles. The smallest absolute Gasteiger partial charge is 0.358 e. The Hall–Kier alpha value is -2.24. The number of esters is 1. The maximum Gasteiger partial charge on any atom is 0.358 e. The third kappa shape index (κ3) is 3.99. The number of rotatable bonds is 5. The molecule has 0 amide bonds. The second kappa shape index (κ2) is 7.55. The third-order valence-electron chi connectivity index (χ3n) is 3.48. The van der Waals surface area contributed by atoms with Crippen molar-refractivity contribution in [2.45, 2.75) is 20.0 Å². The Morgan fingerprint density at radius 2 is 1.92 bits per heavy atom. The first-order valence-electron chi connectivity index (χ1n) is 7.48. The summed E-state index contributed by atoms with van der Waals surface area (Å²) >= 11 is 7.15. The Morgan fingerprint density at radius 1 is 1.17 bits per heavy atom. The molecule has 3 rings (SSSR count). The van der Waals surface area contributed by atoms with Crippen LogP contribution < -0.4 is 0 Å². The van der Waals surface area contributed by atoms with E-state index in [1.54, 1.807) is 23.7 Å². The minimum absolute atomic E-state index is 0.140. The zero-order valence-electron chi connectivity index (χ0n) is 13.0. The average molecular weight is 359 g/mol. The molecule has 0 N–H and O–H groups in total. The van der Waals surface area contributed by atoms with Gasteiger partial charge in [0.15, 0.2) is 5.69 Å². The van der Waals surface area contributed by atoms with Gasteiger partial charge in [0.1, 0.15) is 16.8 Å². The average Bonchev–Trinajstić information content (AvgIpc) is 3.11. The van der Waals surface area contributed by atoms with Gasteiger partial charge in [0.25, 0.3) is 0 Å². The van der Waals surface area contributed by atoms with Crippen molar-refractivity contribution in [2.24, 2.45) is 0 Å². The van der Waals surface area contributed by atoms with Crippen molar-refractivity contribution >= 4 is 28.9 Å². The van der Waals surface area contributed by atoms with Gasteiger partial charge in [-0.2, -0.15) is 0 Å². The molecule has 0 atom stereocenters. The standard InChI is InChI=1S/C18H15ClN2O2S/c1-2-12-3-6-14(7-4-12)17-21-15(11-24-17)18(22)23-10-13-5-8-16(19)20-9-13/h3-9,11H,2,10H2,1H3. The summed E-state index contributed by atoms with van der Waals surface area (Å²) in [6.45, 7) is 2.25. The molecule has 0 aliphatic heterocycles. The largest absolute Gasteiger partial charge is 0.456 e. The van der Waals surface area contributed by atoms with Crippen molar-refractivity contribution in [3.05, 3.63) is 69.9 Å². The number of ether oxygens (including phenoxy) is 1. The number of hydrogen-bond donors (Lipinski definition) is 0. The van der Waals surface area contributed by atoms with Crippen LogP contribution in [0.25, 0.3) is 10.6 Å². The van der Waals surface area contributed by atoms with Crippen molar-refractivity contribution in [3.8, 4) is 10.6 Å². The number of aromatic nitrogens is 2. The van der Waals surface area contributed by atoms with Crippen LogP contribution in [0.1, 0.15) is 28.5 Å². The lowest BCUT2D eigenvalue weighted by molar-refractivity contribution is 0.0466. The molecule has 4 nitrogen and oxygen atoms in total. The number of carbonyl (C=O) groups is 1. The molecule has 2 aromatic heterocycles. The second-order valence-corrected chi connectivity index (χ2v) is 6.40. The molecule has 0 aliphatic carbocycles. The van der Waals surface area contributed by atoms with Gasteiger partial charge in [-0.25, -0.2) is 14.8 Å². The van der Waals surface area contributed by atoms with Gasteiger partial charge >= 0.3 is 5.97 Å². The summed E-state index contributed by atoms with van der Waals surface area (Å²) < 4.78 is 5.26. The normalized spacial score (nSPS) is 10.6. The lowest BCUT2D eigenvalue weighted by Crippen LogP contribution is -2.05. The zero-order valence-corrected chi connectivity index (χ0v) is 14.6. The van der Waals surface area contributed by atoms with Crippen LogP contribution in [0.2, 0.25) is 5.15 Å². The summed E-state index contributed by atoms with van der Waals surface area (Å²) in [5.41, 5.74) is 3.36. The number of hydrogen-bond acceptors (Lipinski definition) is 5. The van der Waals surface area contributed by atoms with E-state index in [1.807, 2.05) is 12.1 Å². The molecular weight excluding hydrogens is 344 g/mol. The highest BCUT2D eigenvalue weighted by Gasteiger charge is 2.13. The zero-order chi connectivity index (χ0) is 16.9. The Kier molecular flexibility index (Phi) is 5.23. The molecule has 0 saturated heterocycles. The molecule has 3 aromatic rings.